The van der Waals surface area contributed by atoms with Gasteiger partial charge in [-0.2, -0.15) is 5.10 Å². The first kappa shape index (κ1) is 19.0. The van der Waals surface area contributed by atoms with Crippen LogP contribution in [0.25, 0.3) is 10.8 Å². The molecule has 3 aromatic carbocycles. The summed E-state index contributed by atoms with van der Waals surface area (Å²) >= 11 is 1.79. The van der Waals surface area contributed by atoms with Gasteiger partial charge in [0, 0.05) is 10.6 Å². The van der Waals surface area contributed by atoms with Gasteiger partial charge in [0.1, 0.15) is 12.7 Å². The largest absolute Gasteiger partial charge is 0.493 e. The maximum atomic E-state index is 5.95. The average Bonchev–Trinajstić information content (AvgIpc) is 3.29. The van der Waals surface area contributed by atoms with Crippen LogP contribution in [0, 0.1) is 0 Å². The normalized spacial score (nSPS) is 11.2. The Morgan fingerprint density at radius 1 is 1.00 bits per heavy atom. The quantitative estimate of drug-likeness (QED) is 0.246. The lowest BCUT2D eigenvalue weighted by Gasteiger charge is -2.11. The molecular weight excluding hydrogens is 384 g/mol. The second-order valence-electron chi connectivity index (χ2n) is 6.17. The molecule has 0 bridgehead atoms. The molecule has 0 aliphatic heterocycles. The molecule has 0 fully saturated rings. The Morgan fingerprint density at radius 2 is 1.83 bits per heavy atom. The highest BCUT2D eigenvalue weighted by molar-refractivity contribution is 7.99. The van der Waals surface area contributed by atoms with Gasteiger partial charge in [-0.25, -0.2) is 4.68 Å². The third-order valence-electron chi connectivity index (χ3n) is 4.28. The van der Waals surface area contributed by atoms with E-state index in [4.69, 9.17) is 9.47 Å². The molecule has 0 radical (unpaired) electrons. The van der Waals surface area contributed by atoms with Gasteiger partial charge >= 0.3 is 0 Å². The third kappa shape index (κ3) is 4.75. The highest BCUT2D eigenvalue weighted by Gasteiger charge is 2.06. The van der Waals surface area contributed by atoms with E-state index in [9.17, 15) is 0 Å². The number of methoxy groups -OCH3 is 1. The summed E-state index contributed by atoms with van der Waals surface area (Å²) in [6.07, 6.45) is 4.77. The van der Waals surface area contributed by atoms with Gasteiger partial charge < -0.3 is 9.47 Å². The second-order valence-corrected chi connectivity index (χ2v) is 7.31. The summed E-state index contributed by atoms with van der Waals surface area (Å²) in [7, 11) is 1.63. The molecule has 0 N–H and O–H groups in total. The van der Waals surface area contributed by atoms with Gasteiger partial charge in [-0.1, -0.05) is 36.4 Å². The van der Waals surface area contributed by atoms with Crippen LogP contribution >= 0.6 is 11.8 Å². The monoisotopic (exact) mass is 404 g/mol. The molecule has 7 heteroatoms. The smallest absolute Gasteiger partial charge is 0.161 e. The molecule has 0 amide bonds. The summed E-state index contributed by atoms with van der Waals surface area (Å²) in [4.78, 5) is 1.26. The zero-order valence-electron chi connectivity index (χ0n) is 15.9. The molecule has 4 aromatic rings. The van der Waals surface area contributed by atoms with E-state index in [0.717, 1.165) is 11.3 Å². The van der Waals surface area contributed by atoms with E-state index in [-0.39, 0.29) is 0 Å². The van der Waals surface area contributed by atoms with Crippen molar-refractivity contribution in [3.8, 4) is 11.5 Å². The molecule has 146 valence electrons. The predicted octanol–water partition coefficient (Wildman–Crippen LogP) is 4.49. The Morgan fingerprint density at radius 3 is 2.69 bits per heavy atom. The number of hydrogen-bond acceptors (Lipinski definition) is 6. The number of benzene rings is 3. The van der Waals surface area contributed by atoms with Crippen LogP contribution in [0.15, 0.2) is 83.3 Å². The van der Waals surface area contributed by atoms with E-state index in [0.29, 0.717) is 18.1 Å². The zero-order chi connectivity index (χ0) is 19.9. The first-order valence-electron chi connectivity index (χ1n) is 9.14. The van der Waals surface area contributed by atoms with Crippen LogP contribution in [0.2, 0.25) is 0 Å². The van der Waals surface area contributed by atoms with E-state index < -0.39 is 0 Å². The van der Waals surface area contributed by atoms with Crippen molar-refractivity contribution in [2.75, 3.05) is 19.5 Å². The molecule has 1 aromatic heterocycles. The molecule has 0 aliphatic rings. The standard InChI is InChI=1S/C22H20N4O2S/c1-27-21-13-17(14-25-26-15-23-24-16-26)9-10-20(21)28-11-12-29-22-8-4-6-18-5-2-3-7-19(18)22/h2-10,13-16H,11-12H2,1H3/b25-14+. The van der Waals surface area contributed by atoms with Crippen LogP contribution in [-0.2, 0) is 0 Å². The van der Waals surface area contributed by atoms with Crippen molar-refractivity contribution in [3.05, 3.63) is 78.9 Å². The Labute approximate surface area is 173 Å². The van der Waals surface area contributed by atoms with Crippen molar-refractivity contribution in [3.63, 3.8) is 0 Å². The number of ether oxygens (including phenoxy) is 2. The minimum absolute atomic E-state index is 0.582. The summed E-state index contributed by atoms with van der Waals surface area (Å²) in [6, 6.07) is 20.5. The van der Waals surface area contributed by atoms with Crippen molar-refractivity contribution >= 4 is 28.7 Å². The van der Waals surface area contributed by atoms with Crippen molar-refractivity contribution in [1.29, 1.82) is 0 Å². The Hall–Kier alpha value is -3.32. The molecule has 29 heavy (non-hydrogen) atoms. The molecule has 0 saturated carbocycles. The minimum atomic E-state index is 0.582. The van der Waals surface area contributed by atoms with Crippen LogP contribution in [-0.4, -0.2) is 40.6 Å². The van der Waals surface area contributed by atoms with Crippen molar-refractivity contribution in [2.24, 2.45) is 5.10 Å². The van der Waals surface area contributed by atoms with Crippen LogP contribution in [0.3, 0.4) is 0 Å². The van der Waals surface area contributed by atoms with Crippen LogP contribution in [0.5, 0.6) is 11.5 Å². The molecule has 0 saturated heterocycles. The van der Waals surface area contributed by atoms with Gasteiger partial charge in [-0.15, -0.1) is 22.0 Å². The average molecular weight is 404 g/mol. The summed E-state index contributed by atoms with van der Waals surface area (Å²) in [5, 5.41) is 14.2. The Balaban J connectivity index is 1.36. The van der Waals surface area contributed by atoms with E-state index in [2.05, 4.69) is 57.8 Å². The highest BCUT2D eigenvalue weighted by atomic mass is 32.2. The fraction of sp³-hybridized carbons (Fsp3) is 0.136. The first-order valence-corrected chi connectivity index (χ1v) is 10.1. The first-order chi connectivity index (χ1) is 14.3. The molecule has 1 heterocycles. The van der Waals surface area contributed by atoms with E-state index >= 15 is 0 Å². The number of aromatic nitrogens is 3. The van der Waals surface area contributed by atoms with E-state index in [1.54, 1.807) is 25.1 Å². The van der Waals surface area contributed by atoms with E-state index in [1.807, 2.05) is 18.2 Å². The van der Waals surface area contributed by atoms with Gasteiger partial charge in [-0.05, 0) is 40.6 Å². The Bertz CT molecular complexity index is 1110. The fourth-order valence-corrected chi connectivity index (χ4v) is 3.80. The lowest BCUT2D eigenvalue weighted by atomic mass is 10.1. The van der Waals surface area contributed by atoms with Crippen molar-refractivity contribution in [2.45, 2.75) is 4.90 Å². The van der Waals surface area contributed by atoms with Crippen LogP contribution < -0.4 is 9.47 Å². The summed E-state index contributed by atoms with van der Waals surface area (Å²) in [6.45, 7) is 0.582. The van der Waals surface area contributed by atoms with Crippen LogP contribution in [0.4, 0.5) is 0 Å². The topological polar surface area (TPSA) is 61.5 Å². The SMILES string of the molecule is COc1cc(/C=N/n2cnnc2)ccc1OCCSc1cccc2ccccc12. The molecule has 0 atom stereocenters. The highest BCUT2D eigenvalue weighted by Crippen LogP contribution is 2.30. The lowest BCUT2D eigenvalue weighted by molar-refractivity contribution is 0.313. The fourth-order valence-electron chi connectivity index (χ4n) is 2.90. The van der Waals surface area contributed by atoms with Crippen LogP contribution in [0.1, 0.15) is 5.56 Å². The van der Waals surface area contributed by atoms with Gasteiger partial charge in [0.05, 0.1) is 19.9 Å². The number of hydrogen-bond donors (Lipinski definition) is 0. The molecular formula is C22H20N4O2S. The van der Waals surface area contributed by atoms with Crippen molar-refractivity contribution in [1.82, 2.24) is 14.9 Å². The van der Waals surface area contributed by atoms with E-state index in [1.165, 1.54) is 33.0 Å². The second kappa shape index (κ2) is 9.25. The number of rotatable bonds is 8. The van der Waals surface area contributed by atoms with Gasteiger partial charge in [0.2, 0.25) is 0 Å². The summed E-state index contributed by atoms with van der Waals surface area (Å²) in [5.74, 6) is 2.23. The molecule has 6 nitrogen and oxygen atoms in total. The lowest BCUT2D eigenvalue weighted by Crippen LogP contribution is -2.02. The number of nitrogens with zero attached hydrogens (tertiary/aromatic N) is 4. The molecule has 0 unspecified atom stereocenters. The zero-order valence-corrected chi connectivity index (χ0v) is 16.7. The van der Waals surface area contributed by atoms with Crippen molar-refractivity contribution < 1.29 is 9.47 Å². The maximum Gasteiger partial charge on any atom is 0.161 e. The van der Waals surface area contributed by atoms with Gasteiger partial charge in [-0.3, -0.25) is 0 Å². The maximum absolute atomic E-state index is 5.95. The number of fused-ring (bicyclic) bond motifs is 1. The summed E-state index contributed by atoms with van der Waals surface area (Å²) in [5.41, 5.74) is 0.896. The third-order valence-corrected chi connectivity index (χ3v) is 5.32. The Kier molecular flexibility index (Phi) is 6.07. The molecule has 0 aliphatic carbocycles. The van der Waals surface area contributed by atoms with Gasteiger partial charge in [0.15, 0.2) is 11.5 Å². The molecule has 0 spiro atoms. The summed E-state index contributed by atoms with van der Waals surface area (Å²) < 4.78 is 13.0. The predicted molar refractivity (Wildman–Crippen MR) is 116 cm³/mol. The molecule has 4 rings (SSSR count). The van der Waals surface area contributed by atoms with Gasteiger partial charge in [0.25, 0.3) is 0 Å². The number of thioether (sulfide) groups is 1. The minimum Gasteiger partial charge on any atom is -0.493 e.